The molecule has 18 heteroatoms. The second kappa shape index (κ2) is 16.5. The third-order valence-electron chi connectivity index (χ3n) is 6.55. The number of nitrogens with one attached hydrogen (secondary N) is 2. The van der Waals surface area contributed by atoms with Gasteiger partial charge in [0.15, 0.2) is 18.3 Å². The minimum atomic E-state index is -2.09. The zero-order valence-electron chi connectivity index (χ0n) is 26.5. The van der Waals surface area contributed by atoms with E-state index in [2.05, 4.69) is 20.7 Å². The van der Waals surface area contributed by atoms with Gasteiger partial charge in [-0.3, -0.25) is 14.7 Å². The van der Waals surface area contributed by atoms with Gasteiger partial charge in [-0.25, -0.2) is 14.4 Å². The van der Waals surface area contributed by atoms with Crippen LogP contribution in [0.5, 0.6) is 11.5 Å². The summed E-state index contributed by atoms with van der Waals surface area (Å²) in [6, 6.07) is 12.2. The van der Waals surface area contributed by atoms with Crippen LogP contribution >= 0.6 is 31.7 Å². The Balaban J connectivity index is 1.64. The summed E-state index contributed by atoms with van der Waals surface area (Å²) in [5.74, 6) is 0.464. The van der Waals surface area contributed by atoms with Crippen molar-refractivity contribution in [3.63, 3.8) is 0 Å². The average Bonchev–Trinajstić information content (AvgIpc) is 3.03. The lowest BCUT2D eigenvalue weighted by atomic mass is 10.0. The summed E-state index contributed by atoms with van der Waals surface area (Å²) < 4.78 is 24.4. The number of aromatic nitrogens is 3. The summed E-state index contributed by atoms with van der Waals surface area (Å²) in [5, 5.41) is 41.0. The van der Waals surface area contributed by atoms with Crippen LogP contribution in [-0.2, 0) is 16.0 Å². The van der Waals surface area contributed by atoms with Gasteiger partial charge in [-0.05, 0) is 56.5 Å². The summed E-state index contributed by atoms with van der Waals surface area (Å²) in [7, 11) is -2.09. The smallest absolute Gasteiger partial charge is 0.354 e. The Bertz CT molecular complexity index is 1810. The van der Waals surface area contributed by atoms with Crippen LogP contribution in [0.25, 0.3) is 5.69 Å². The number of nitriles is 1. The Hall–Kier alpha value is -3.84. The molecule has 0 spiro atoms. The molecule has 256 valence electrons. The van der Waals surface area contributed by atoms with Gasteiger partial charge in [0.25, 0.3) is 5.56 Å². The number of aliphatic hydroxyl groups is 2. The molecule has 3 aromatic rings. The minimum absolute atomic E-state index is 0.00359. The highest BCUT2D eigenvalue weighted by Crippen LogP contribution is 2.37. The van der Waals surface area contributed by atoms with Gasteiger partial charge in [0.1, 0.15) is 18.5 Å². The molecule has 48 heavy (non-hydrogen) atoms. The van der Waals surface area contributed by atoms with Crippen molar-refractivity contribution in [1.29, 1.82) is 5.26 Å². The van der Waals surface area contributed by atoms with E-state index in [-0.39, 0.29) is 39.4 Å². The fraction of sp³-hybridized carbons (Fsp3) is 0.367. The van der Waals surface area contributed by atoms with Gasteiger partial charge in [0, 0.05) is 6.08 Å². The van der Waals surface area contributed by atoms with Gasteiger partial charge < -0.3 is 24.2 Å². The van der Waals surface area contributed by atoms with Crippen molar-refractivity contribution < 1.29 is 28.7 Å². The number of rotatable bonds is 13. The highest BCUT2D eigenvalue weighted by Gasteiger charge is 2.26. The molecule has 0 fully saturated rings. The fourth-order valence-corrected chi connectivity index (χ4v) is 5.86. The van der Waals surface area contributed by atoms with Gasteiger partial charge in [-0.2, -0.15) is 9.94 Å². The maximum Gasteiger partial charge on any atom is 0.354 e. The number of nitrogens with zero attached hydrogens (tertiary/aromatic N) is 5. The largest absolute Gasteiger partial charge is 0.436 e. The van der Waals surface area contributed by atoms with Gasteiger partial charge >= 0.3 is 14.2 Å². The fourth-order valence-electron chi connectivity index (χ4n) is 4.13. The van der Waals surface area contributed by atoms with E-state index in [0.29, 0.717) is 15.9 Å². The molecule has 4 N–H and O–H groups in total. The van der Waals surface area contributed by atoms with Crippen LogP contribution < -0.4 is 31.0 Å². The van der Waals surface area contributed by atoms with Crippen molar-refractivity contribution in [1.82, 2.24) is 24.9 Å². The summed E-state index contributed by atoms with van der Waals surface area (Å²) >= 11 is 13.0. The molecule has 0 saturated heterocycles. The molecule has 0 radical (unpaired) electrons. The molecule has 2 heterocycles. The molecule has 2 unspecified atom stereocenters. The maximum absolute atomic E-state index is 13.6. The number of hydrazone groups is 1. The van der Waals surface area contributed by atoms with E-state index in [9.17, 15) is 25.1 Å². The Morgan fingerprint density at radius 3 is 2.40 bits per heavy atom. The zero-order chi connectivity index (χ0) is 35.1. The lowest BCUT2D eigenvalue weighted by Crippen LogP contribution is -2.43. The lowest BCUT2D eigenvalue weighted by molar-refractivity contribution is -0.137. The highest BCUT2D eigenvalue weighted by molar-refractivity contribution is 7.45. The predicted molar refractivity (Wildman–Crippen MR) is 179 cm³/mol. The molecular formula is C30H34Cl2N7O8P. The Labute approximate surface area is 286 Å². The van der Waals surface area contributed by atoms with E-state index in [4.69, 9.17) is 41.7 Å². The zero-order valence-corrected chi connectivity index (χ0v) is 28.9. The third-order valence-corrected chi connectivity index (χ3v) is 8.46. The first-order valence-electron chi connectivity index (χ1n) is 14.6. The van der Waals surface area contributed by atoms with Crippen molar-refractivity contribution in [3.8, 4) is 23.3 Å². The van der Waals surface area contributed by atoms with Crippen molar-refractivity contribution in [2.75, 3.05) is 0 Å². The standard InChI is InChI=1S/C30H34Cl2N7O8P/c1-16(2)21-13-25(34-35-27(21)40)46-26-22(31)11-19(12-23(26)32)39-30(43)38(28(41)24(14-33)36-39)15-44-48(47-20-9-7-6-8-10-20)37-18(5)29(42)45-17(3)4/h6-13,16-18,27,29,35,37,40,42H,15H2,1-5H3/t18-,27?,29?,48+/m0/s1. The Morgan fingerprint density at radius 2 is 1.79 bits per heavy atom. The summed E-state index contributed by atoms with van der Waals surface area (Å²) in [5.41, 5.74) is 0.567. The summed E-state index contributed by atoms with van der Waals surface area (Å²) in [6.45, 7) is 8.28. The molecule has 0 bridgehead atoms. The highest BCUT2D eigenvalue weighted by atomic mass is 35.5. The molecule has 4 atom stereocenters. The monoisotopic (exact) mass is 721 g/mol. The normalized spacial score (nSPS) is 16.4. The quantitative estimate of drug-likeness (QED) is 0.148. The van der Waals surface area contributed by atoms with E-state index in [1.54, 1.807) is 63.2 Å². The van der Waals surface area contributed by atoms with E-state index < -0.39 is 50.8 Å². The summed E-state index contributed by atoms with van der Waals surface area (Å²) in [6.07, 6.45) is -0.929. The molecule has 4 rings (SSSR count). The molecule has 0 saturated carbocycles. The molecule has 0 amide bonds. The van der Waals surface area contributed by atoms with Crippen LogP contribution in [0.15, 0.2) is 68.8 Å². The molecule has 15 nitrogen and oxygen atoms in total. The van der Waals surface area contributed by atoms with E-state index in [1.165, 1.54) is 12.1 Å². The second-order valence-electron chi connectivity index (χ2n) is 10.9. The maximum atomic E-state index is 13.6. The van der Waals surface area contributed by atoms with Crippen molar-refractivity contribution in [2.45, 2.75) is 66.0 Å². The van der Waals surface area contributed by atoms with Crippen LogP contribution in [0.2, 0.25) is 10.0 Å². The number of hydrogen-bond acceptors (Lipinski definition) is 13. The van der Waals surface area contributed by atoms with E-state index in [0.717, 1.165) is 4.68 Å². The van der Waals surface area contributed by atoms with Crippen molar-refractivity contribution in [2.24, 2.45) is 11.0 Å². The van der Waals surface area contributed by atoms with Gasteiger partial charge in [0.05, 0.1) is 27.9 Å². The predicted octanol–water partition coefficient (Wildman–Crippen LogP) is 3.77. The van der Waals surface area contributed by atoms with Crippen LogP contribution in [0, 0.1) is 17.2 Å². The van der Waals surface area contributed by atoms with Crippen molar-refractivity contribution >= 4 is 37.6 Å². The van der Waals surface area contributed by atoms with Gasteiger partial charge in [-0.1, -0.05) is 55.2 Å². The Morgan fingerprint density at radius 1 is 1.12 bits per heavy atom. The first-order chi connectivity index (χ1) is 22.8. The first-order valence-corrected chi connectivity index (χ1v) is 16.5. The number of ether oxygens (including phenoxy) is 2. The minimum Gasteiger partial charge on any atom is -0.436 e. The van der Waals surface area contributed by atoms with Crippen LogP contribution in [-0.4, -0.2) is 55.1 Å². The Kier molecular flexibility index (Phi) is 12.7. The molecule has 1 aliphatic heterocycles. The molecule has 2 aromatic carbocycles. The van der Waals surface area contributed by atoms with E-state index >= 15 is 0 Å². The molecule has 1 aromatic heterocycles. The third kappa shape index (κ3) is 9.19. The second-order valence-corrected chi connectivity index (χ2v) is 12.9. The van der Waals surface area contributed by atoms with E-state index in [1.807, 2.05) is 13.8 Å². The number of halogens is 2. The molecule has 1 aliphatic rings. The topological polar surface area (TPSA) is 194 Å². The van der Waals surface area contributed by atoms with Crippen LogP contribution in [0.4, 0.5) is 0 Å². The SMILES string of the molecule is CC(C)OC(O)[C@H](C)N[P@](OCn1c(=O)c(C#N)nn(-c2cc(Cl)c(OC3=NNC(O)C(C(C)C)=C3)c(Cl)c2)c1=O)Oc1ccccc1. The van der Waals surface area contributed by atoms with Gasteiger partial charge in [0.2, 0.25) is 11.6 Å². The summed E-state index contributed by atoms with van der Waals surface area (Å²) in [4.78, 5) is 26.7. The average molecular weight is 723 g/mol. The van der Waals surface area contributed by atoms with Crippen LogP contribution in [0.1, 0.15) is 40.3 Å². The number of para-hydroxylation sites is 1. The lowest BCUT2D eigenvalue weighted by Gasteiger charge is -2.26. The van der Waals surface area contributed by atoms with Gasteiger partial charge in [-0.15, -0.1) is 10.2 Å². The van der Waals surface area contributed by atoms with Crippen molar-refractivity contribution in [3.05, 3.63) is 90.7 Å². The number of hydrogen-bond donors (Lipinski definition) is 4. The molecular weight excluding hydrogens is 688 g/mol. The van der Waals surface area contributed by atoms with Crippen LogP contribution in [0.3, 0.4) is 0 Å². The number of aliphatic hydroxyl groups excluding tert-OH is 2. The first kappa shape index (κ1) is 37.0. The molecule has 0 aliphatic carbocycles. The number of benzene rings is 2.